The van der Waals surface area contributed by atoms with Crippen molar-refractivity contribution >= 4 is 15.9 Å². The Morgan fingerprint density at radius 2 is 1.82 bits per heavy atom. The lowest BCUT2D eigenvalue weighted by Crippen LogP contribution is -2.29. The first kappa shape index (κ1) is 9.53. The van der Waals surface area contributed by atoms with Gasteiger partial charge in [0.2, 0.25) is 0 Å². The summed E-state index contributed by atoms with van der Waals surface area (Å²) in [5.74, 6) is 0.554. The van der Waals surface area contributed by atoms with Crippen LogP contribution in [0.3, 0.4) is 0 Å². The van der Waals surface area contributed by atoms with Crippen LogP contribution in [0.2, 0.25) is 0 Å². The Kier molecular flexibility index (Phi) is 3.86. The third-order valence-corrected chi connectivity index (χ3v) is 3.15. The van der Waals surface area contributed by atoms with Crippen LogP contribution in [0.5, 0.6) is 0 Å². The Balaban J connectivity index is 2.32. The molecule has 1 fully saturated rings. The van der Waals surface area contributed by atoms with Crippen molar-refractivity contribution in [2.24, 2.45) is 5.92 Å². The van der Waals surface area contributed by atoms with Gasteiger partial charge in [-0.05, 0) is 18.8 Å². The number of rotatable bonds is 2. The summed E-state index contributed by atoms with van der Waals surface area (Å²) in [6, 6.07) is 0. The Hall–Kier alpha value is 0.440. The lowest BCUT2D eigenvalue weighted by Gasteiger charge is -2.28. The fourth-order valence-corrected chi connectivity index (χ4v) is 2.28. The highest BCUT2D eigenvalue weighted by molar-refractivity contribution is 9.09. The van der Waals surface area contributed by atoms with Gasteiger partial charge in [0.05, 0.1) is 6.10 Å². The van der Waals surface area contributed by atoms with Gasteiger partial charge in [-0.25, -0.2) is 0 Å². The Bertz CT molecular complexity index is 108. The van der Waals surface area contributed by atoms with E-state index in [4.69, 9.17) is 0 Å². The molecule has 2 heteroatoms. The van der Waals surface area contributed by atoms with Crippen LogP contribution in [0.15, 0.2) is 0 Å². The highest BCUT2D eigenvalue weighted by Crippen LogP contribution is 2.29. The summed E-state index contributed by atoms with van der Waals surface area (Å²) in [5.41, 5.74) is 0. The minimum Gasteiger partial charge on any atom is -0.392 e. The van der Waals surface area contributed by atoms with Crippen molar-refractivity contribution in [3.05, 3.63) is 0 Å². The third-order valence-electron chi connectivity index (χ3n) is 2.60. The molecule has 1 nitrogen and oxygen atoms in total. The van der Waals surface area contributed by atoms with E-state index in [0.29, 0.717) is 5.92 Å². The van der Waals surface area contributed by atoms with Crippen molar-refractivity contribution in [1.29, 1.82) is 0 Å². The van der Waals surface area contributed by atoms with Gasteiger partial charge in [-0.3, -0.25) is 0 Å². The molecule has 0 aromatic rings. The van der Waals surface area contributed by atoms with Gasteiger partial charge in [-0.15, -0.1) is 0 Å². The summed E-state index contributed by atoms with van der Waals surface area (Å²) < 4.78 is 0. The lowest BCUT2D eigenvalue weighted by molar-refractivity contribution is 0.0877. The highest BCUT2D eigenvalue weighted by atomic mass is 79.9. The van der Waals surface area contributed by atoms with Crippen LogP contribution >= 0.6 is 15.9 Å². The highest BCUT2D eigenvalue weighted by Gasteiger charge is 2.24. The molecule has 0 aromatic carbocycles. The molecule has 66 valence electrons. The van der Waals surface area contributed by atoms with Crippen molar-refractivity contribution < 1.29 is 5.11 Å². The van der Waals surface area contributed by atoms with E-state index in [0.717, 1.165) is 0 Å². The molecule has 1 saturated carbocycles. The van der Waals surface area contributed by atoms with Crippen LogP contribution in [0.1, 0.15) is 39.0 Å². The second kappa shape index (κ2) is 4.46. The minimum atomic E-state index is -0.129. The Morgan fingerprint density at radius 3 is 2.27 bits per heavy atom. The normalized spacial score (nSPS) is 26.5. The second-order valence-electron chi connectivity index (χ2n) is 3.57. The van der Waals surface area contributed by atoms with E-state index in [1.165, 1.54) is 32.1 Å². The SMILES string of the molecule is CC(Br)C(O)C1CCCCC1. The van der Waals surface area contributed by atoms with E-state index in [1.807, 2.05) is 6.92 Å². The van der Waals surface area contributed by atoms with Gasteiger partial charge in [0.15, 0.2) is 0 Å². The molecule has 0 saturated heterocycles. The van der Waals surface area contributed by atoms with Crippen LogP contribution in [0, 0.1) is 5.92 Å². The zero-order valence-electron chi connectivity index (χ0n) is 7.09. The maximum absolute atomic E-state index is 9.70. The molecular weight excluding hydrogens is 204 g/mol. The second-order valence-corrected chi connectivity index (χ2v) is 5.01. The smallest absolute Gasteiger partial charge is 0.0690 e. The van der Waals surface area contributed by atoms with Crippen LogP contribution in [-0.4, -0.2) is 16.0 Å². The van der Waals surface area contributed by atoms with Crippen LogP contribution in [-0.2, 0) is 0 Å². The van der Waals surface area contributed by atoms with Gasteiger partial charge >= 0.3 is 0 Å². The van der Waals surface area contributed by atoms with E-state index in [2.05, 4.69) is 15.9 Å². The zero-order chi connectivity index (χ0) is 8.27. The molecule has 2 atom stereocenters. The van der Waals surface area contributed by atoms with E-state index in [1.54, 1.807) is 0 Å². The summed E-state index contributed by atoms with van der Waals surface area (Å²) in [4.78, 5) is 0.255. The molecule has 2 unspecified atom stereocenters. The average Bonchev–Trinajstić information content (AvgIpc) is 2.05. The molecule has 1 aliphatic carbocycles. The van der Waals surface area contributed by atoms with Gasteiger partial charge in [0.1, 0.15) is 0 Å². The molecule has 0 aliphatic heterocycles. The van der Waals surface area contributed by atoms with Crippen LogP contribution < -0.4 is 0 Å². The Morgan fingerprint density at radius 1 is 1.27 bits per heavy atom. The average molecular weight is 221 g/mol. The number of halogens is 1. The zero-order valence-corrected chi connectivity index (χ0v) is 8.68. The number of aliphatic hydroxyl groups excluding tert-OH is 1. The van der Waals surface area contributed by atoms with Crippen molar-refractivity contribution in [3.8, 4) is 0 Å². The van der Waals surface area contributed by atoms with Crippen LogP contribution in [0.25, 0.3) is 0 Å². The predicted octanol–water partition coefficient (Wildman–Crippen LogP) is 2.71. The Labute approximate surface area is 77.3 Å². The maximum Gasteiger partial charge on any atom is 0.0690 e. The van der Waals surface area contributed by atoms with Gasteiger partial charge in [0.25, 0.3) is 0 Å². The van der Waals surface area contributed by atoms with Crippen molar-refractivity contribution in [2.45, 2.75) is 50.0 Å². The summed E-state index contributed by atoms with van der Waals surface area (Å²) >= 11 is 3.43. The monoisotopic (exact) mass is 220 g/mol. The first-order valence-corrected chi connectivity index (χ1v) is 5.45. The maximum atomic E-state index is 9.70. The van der Waals surface area contributed by atoms with E-state index < -0.39 is 0 Å². The molecule has 0 radical (unpaired) electrons. The number of hydrogen-bond donors (Lipinski definition) is 1. The summed E-state index contributed by atoms with van der Waals surface area (Å²) in [6.07, 6.45) is 6.28. The molecule has 1 rings (SSSR count). The molecule has 0 amide bonds. The number of alkyl halides is 1. The predicted molar refractivity (Wildman–Crippen MR) is 51.0 cm³/mol. The largest absolute Gasteiger partial charge is 0.392 e. The van der Waals surface area contributed by atoms with Gasteiger partial charge in [0, 0.05) is 4.83 Å². The minimum absolute atomic E-state index is 0.129. The molecule has 1 aliphatic rings. The molecule has 0 spiro atoms. The molecule has 0 aromatic heterocycles. The first-order chi connectivity index (χ1) is 5.22. The van der Waals surface area contributed by atoms with Gasteiger partial charge < -0.3 is 5.11 Å². The van der Waals surface area contributed by atoms with E-state index in [-0.39, 0.29) is 10.9 Å². The number of hydrogen-bond acceptors (Lipinski definition) is 1. The van der Waals surface area contributed by atoms with Crippen molar-refractivity contribution in [3.63, 3.8) is 0 Å². The molecule has 11 heavy (non-hydrogen) atoms. The fraction of sp³-hybridized carbons (Fsp3) is 1.00. The van der Waals surface area contributed by atoms with Crippen molar-refractivity contribution in [1.82, 2.24) is 0 Å². The topological polar surface area (TPSA) is 20.2 Å². The summed E-state index contributed by atoms with van der Waals surface area (Å²) in [6.45, 7) is 2.03. The van der Waals surface area contributed by atoms with Crippen molar-refractivity contribution in [2.75, 3.05) is 0 Å². The van der Waals surface area contributed by atoms with E-state index in [9.17, 15) is 5.11 Å². The summed E-state index contributed by atoms with van der Waals surface area (Å²) in [5, 5.41) is 9.70. The fourth-order valence-electron chi connectivity index (χ4n) is 1.85. The molecule has 0 heterocycles. The quantitative estimate of drug-likeness (QED) is 0.711. The third kappa shape index (κ3) is 2.75. The van der Waals surface area contributed by atoms with Crippen LogP contribution in [0.4, 0.5) is 0 Å². The van der Waals surface area contributed by atoms with Gasteiger partial charge in [-0.2, -0.15) is 0 Å². The lowest BCUT2D eigenvalue weighted by atomic mass is 9.84. The molecule has 0 bridgehead atoms. The standard InChI is InChI=1S/C9H17BrO/c1-7(10)9(11)8-5-3-2-4-6-8/h7-9,11H,2-6H2,1H3. The number of aliphatic hydroxyl groups is 1. The molecular formula is C9H17BrO. The first-order valence-electron chi connectivity index (χ1n) is 4.54. The molecule has 1 N–H and O–H groups in total. The van der Waals surface area contributed by atoms with E-state index >= 15 is 0 Å². The van der Waals surface area contributed by atoms with Gasteiger partial charge in [-0.1, -0.05) is 42.1 Å². The summed E-state index contributed by atoms with van der Waals surface area (Å²) in [7, 11) is 0.